The van der Waals surface area contributed by atoms with Crippen LogP contribution < -0.4 is 0 Å². The van der Waals surface area contributed by atoms with Crippen LogP contribution in [0.5, 0.6) is 5.75 Å². The molecule has 52 valence electrons. The Hall–Kier alpha value is -1.31. The highest BCUT2D eigenvalue weighted by molar-refractivity contribution is 5.50. The second-order valence-corrected chi connectivity index (χ2v) is 1.88. The predicted octanol–water partition coefficient (Wildman–Crippen LogP) is 2.17. The molecule has 1 aromatic rings. The molecule has 0 unspecified atom stereocenters. The summed E-state index contributed by atoms with van der Waals surface area (Å²) < 4.78 is 12.7. The van der Waals surface area contributed by atoms with Crippen LogP contribution in [0.3, 0.4) is 0 Å². The fourth-order valence-electron chi connectivity index (χ4n) is 0.695. The van der Waals surface area contributed by atoms with Crippen molar-refractivity contribution in [2.45, 2.75) is 0 Å². The molecule has 1 aromatic carbocycles. The van der Waals surface area contributed by atoms with E-state index in [-0.39, 0.29) is 5.75 Å². The number of aromatic hydroxyl groups is 1. The number of hydrogen-bond acceptors (Lipinski definition) is 1. The van der Waals surface area contributed by atoms with Crippen LogP contribution in [0.15, 0.2) is 24.8 Å². The van der Waals surface area contributed by atoms with Crippen LogP contribution >= 0.6 is 0 Å². The molecule has 0 atom stereocenters. The van der Waals surface area contributed by atoms with Gasteiger partial charge in [0.2, 0.25) is 0 Å². The van der Waals surface area contributed by atoms with Crippen molar-refractivity contribution in [1.29, 1.82) is 0 Å². The fourth-order valence-corrected chi connectivity index (χ4v) is 0.695. The maximum Gasteiger partial charge on any atom is 0.171 e. The molecule has 0 aliphatic heterocycles. The van der Waals surface area contributed by atoms with E-state index in [9.17, 15) is 4.39 Å². The normalized spacial score (nSPS) is 9.30. The van der Waals surface area contributed by atoms with Gasteiger partial charge in [-0.15, -0.1) is 0 Å². The number of hydrogen-bond donors (Lipinski definition) is 1. The van der Waals surface area contributed by atoms with E-state index < -0.39 is 5.82 Å². The van der Waals surface area contributed by atoms with Crippen LogP contribution in [-0.4, -0.2) is 5.11 Å². The van der Waals surface area contributed by atoms with Gasteiger partial charge in [-0.2, -0.15) is 0 Å². The molecule has 0 heterocycles. The maximum absolute atomic E-state index is 12.7. The summed E-state index contributed by atoms with van der Waals surface area (Å²) in [4.78, 5) is 0. The first-order valence-corrected chi connectivity index (χ1v) is 2.85. The summed E-state index contributed by atoms with van der Waals surface area (Å²) in [6, 6.07) is 4.40. The highest BCUT2D eigenvalue weighted by Gasteiger charge is 2.01. The zero-order chi connectivity index (χ0) is 7.56. The fraction of sp³-hybridized carbons (Fsp3) is 0. The minimum absolute atomic E-state index is 0.319. The molecule has 0 fully saturated rings. The zero-order valence-electron chi connectivity index (χ0n) is 5.34. The monoisotopic (exact) mass is 138 g/mol. The minimum Gasteiger partial charge on any atom is -0.505 e. The molecule has 0 bridgehead atoms. The second-order valence-electron chi connectivity index (χ2n) is 1.88. The Bertz CT molecular complexity index is 255. The summed E-state index contributed by atoms with van der Waals surface area (Å²) in [6.07, 6.45) is 1.36. The van der Waals surface area contributed by atoms with Gasteiger partial charge in [0.15, 0.2) is 11.6 Å². The molecule has 0 amide bonds. The summed E-state index contributed by atoms with van der Waals surface area (Å²) in [7, 11) is 0. The zero-order valence-corrected chi connectivity index (χ0v) is 5.34. The van der Waals surface area contributed by atoms with Gasteiger partial charge in [-0.25, -0.2) is 4.39 Å². The van der Waals surface area contributed by atoms with E-state index in [0.29, 0.717) is 5.56 Å². The highest BCUT2D eigenvalue weighted by Crippen LogP contribution is 2.18. The highest BCUT2D eigenvalue weighted by atomic mass is 19.1. The molecule has 0 aliphatic carbocycles. The topological polar surface area (TPSA) is 20.2 Å². The van der Waals surface area contributed by atoms with Crippen molar-refractivity contribution in [3.8, 4) is 5.75 Å². The molecule has 1 rings (SSSR count). The van der Waals surface area contributed by atoms with Crippen molar-refractivity contribution in [2.24, 2.45) is 0 Å². The number of halogens is 1. The lowest BCUT2D eigenvalue weighted by molar-refractivity contribution is 0.432. The first-order valence-electron chi connectivity index (χ1n) is 2.85. The van der Waals surface area contributed by atoms with Gasteiger partial charge in [-0.3, -0.25) is 0 Å². The van der Waals surface area contributed by atoms with Crippen LogP contribution in [-0.2, 0) is 0 Å². The molecule has 0 aromatic heterocycles. The van der Waals surface area contributed by atoms with Gasteiger partial charge in [0.1, 0.15) is 0 Å². The Labute approximate surface area is 58.4 Å². The molecule has 0 saturated carbocycles. The Balaban J connectivity index is 3.27. The van der Waals surface area contributed by atoms with Gasteiger partial charge in [0.05, 0.1) is 0 Å². The van der Waals surface area contributed by atoms with Crippen LogP contribution in [0.2, 0.25) is 0 Å². The lowest BCUT2D eigenvalue weighted by atomic mass is 10.2. The molecule has 1 N–H and O–H groups in total. The SMILES string of the molecule is C=Cc1cccc(O)c1F. The molecular formula is C8H7FO. The van der Waals surface area contributed by atoms with Gasteiger partial charge < -0.3 is 5.11 Å². The molecule has 0 aliphatic rings. The third-order valence-electron chi connectivity index (χ3n) is 1.23. The van der Waals surface area contributed by atoms with Gasteiger partial charge in [0.25, 0.3) is 0 Å². The Morgan fingerprint density at radius 2 is 2.20 bits per heavy atom. The molecule has 0 radical (unpaired) electrons. The van der Waals surface area contributed by atoms with E-state index >= 15 is 0 Å². The molecular weight excluding hydrogens is 131 g/mol. The first kappa shape index (κ1) is 6.81. The Kier molecular flexibility index (Phi) is 1.71. The summed E-state index contributed by atoms with van der Waals surface area (Å²) in [5.41, 5.74) is 0.319. The third kappa shape index (κ3) is 1.00. The summed E-state index contributed by atoms with van der Waals surface area (Å²) in [5, 5.41) is 8.81. The van der Waals surface area contributed by atoms with Crippen molar-refractivity contribution in [3.05, 3.63) is 36.2 Å². The Morgan fingerprint density at radius 3 is 2.70 bits per heavy atom. The van der Waals surface area contributed by atoms with Crippen LogP contribution in [0.1, 0.15) is 5.56 Å². The van der Waals surface area contributed by atoms with Crippen LogP contribution in [0, 0.1) is 5.82 Å². The summed E-state index contributed by atoms with van der Waals surface area (Å²) in [6.45, 7) is 3.38. The lowest BCUT2D eigenvalue weighted by Gasteiger charge is -1.96. The summed E-state index contributed by atoms with van der Waals surface area (Å²) >= 11 is 0. The molecule has 2 heteroatoms. The van der Waals surface area contributed by atoms with Crippen molar-refractivity contribution < 1.29 is 9.50 Å². The predicted molar refractivity (Wildman–Crippen MR) is 38.2 cm³/mol. The first-order chi connectivity index (χ1) is 4.75. The lowest BCUT2D eigenvalue weighted by Crippen LogP contribution is -1.80. The van der Waals surface area contributed by atoms with E-state index in [4.69, 9.17) is 5.11 Å². The van der Waals surface area contributed by atoms with Crippen LogP contribution in [0.4, 0.5) is 4.39 Å². The smallest absolute Gasteiger partial charge is 0.171 e. The number of phenols is 1. The van der Waals surface area contributed by atoms with Crippen molar-refractivity contribution >= 4 is 6.08 Å². The van der Waals surface area contributed by atoms with Gasteiger partial charge in [-0.05, 0) is 6.07 Å². The molecule has 0 spiro atoms. The number of phenolic OH excluding ortho intramolecular Hbond substituents is 1. The van der Waals surface area contributed by atoms with Crippen molar-refractivity contribution in [3.63, 3.8) is 0 Å². The second kappa shape index (κ2) is 2.52. The van der Waals surface area contributed by atoms with Crippen molar-refractivity contribution in [2.75, 3.05) is 0 Å². The van der Waals surface area contributed by atoms with E-state index in [0.717, 1.165) is 0 Å². The van der Waals surface area contributed by atoms with Crippen molar-refractivity contribution in [1.82, 2.24) is 0 Å². The molecule has 10 heavy (non-hydrogen) atoms. The van der Waals surface area contributed by atoms with E-state index in [1.807, 2.05) is 0 Å². The summed E-state index contributed by atoms with van der Waals surface area (Å²) in [5.74, 6) is -0.949. The number of benzene rings is 1. The van der Waals surface area contributed by atoms with E-state index in [1.165, 1.54) is 12.1 Å². The quantitative estimate of drug-likeness (QED) is 0.630. The van der Waals surface area contributed by atoms with Gasteiger partial charge >= 0.3 is 0 Å². The number of rotatable bonds is 1. The van der Waals surface area contributed by atoms with E-state index in [1.54, 1.807) is 12.1 Å². The molecule has 1 nitrogen and oxygen atoms in total. The Morgan fingerprint density at radius 1 is 1.50 bits per heavy atom. The van der Waals surface area contributed by atoms with Crippen LogP contribution in [0.25, 0.3) is 6.08 Å². The molecule has 0 saturated heterocycles. The standard InChI is InChI=1S/C8H7FO/c1-2-6-4-3-5-7(10)8(6)9/h2-5,10H,1H2. The van der Waals surface area contributed by atoms with E-state index in [2.05, 4.69) is 6.58 Å². The van der Waals surface area contributed by atoms with Gasteiger partial charge in [-0.1, -0.05) is 24.8 Å². The van der Waals surface area contributed by atoms with Gasteiger partial charge in [0, 0.05) is 5.56 Å². The third-order valence-corrected chi connectivity index (χ3v) is 1.23. The largest absolute Gasteiger partial charge is 0.505 e. The minimum atomic E-state index is -0.613. The average Bonchev–Trinajstić information content (AvgIpc) is 1.95. The average molecular weight is 138 g/mol. The maximum atomic E-state index is 12.7.